The van der Waals surface area contributed by atoms with Gasteiger partial charge in [-0.3, -0.25) is 0 Å². The first-order chi connectivity index (χ1) is 8.08. The van der Waals surface area contributed by atoms with Crippen LogP contribution in [0.5, 0.6) is 0 Å². The largest absolute Gasteiger partial charge is 0.373 e. The molecule has 0 saturated carbocycles. The van der Waals surface area contributed by atoms with Crippen LogP contribution in [-0.2, 0) is 11.3 Å². The lowest BCUT2D eigenvalue weighted by Gasteiger charge is -2.14. The minimum absolute atomic E-state index is 0.00611. The summed E-state index contributed by atoms with van der Waals surface area (Å²) >= 11 is 0. The molecular weight excluding hydrogens is 214 g/mol. The molecule has 0 radical (unpaired) electrons. The Hall–Kier alpha value is -1.00. The second-order valence-corrected chi connectivity index (χ2v) is 4.53. The van der Waals surface area contributed by atoms with Gasteiger partial charge in [0.05, 0.1) is 5.69 Å². The van der Waals surface area contributed by atoms with Crippen molar-refractivity contribution < 1.29 is 4.74 Å². The molecule has 1 aromatic heterocycles. The third-order valence-corrected chi connectivity index (χ3v) is 2.72. The monoisotopic (exact) mass is 237 g/mol. The topological polar surface area (TPSA) is 47.0 Å². The lowest BCUT2D eigenvalue weighted by atomic mass is 10.2. The Morgan fingerprint density at radius 2 is 2.12 bits per heavy atom. The Morgan fingerprint density at radius 3 is 2.65 bits per heavy atom. The quantitative estimate of drug-likeness (QED) is 0.825. The number of methoxy groups -OCH3 is 1. The molecule has 0 saturated heterocycles. The molecule has 1 atom stereocenters. The normalized spacial score (nSPS) is 13.1. The molecule has 0 aromatic carbocycles. The fraction of sp³-hybridized carbons (Fsp3) is 0.692. The molecule has 1 N–H and O–H groups in total. The number of aryl methyl sites for hydroxylation is 1. The smallest absolute Gasteiger partial charge is 0.157 e. The summed E-state index contributed by atoms with van der Waals surface area (Å²) in [5, 5.41) is 3.37. The maximum atomic E-state index is 5.36. The van der Waals surface area contributed by atoms with Gasteiger partial charge in [-0.15, -0.1) is 0 Å². The van der Waals surface area contributed by atoms with E-state index in [0.717, 1.165) is 30.0 Å². The molecule has 0 amide bonds. The summed E-state index contributed by atoms with van der Waals surface area (Å²) in [5.41, 5.74) is 2.17. The summed E-state index contributed by atoms with van der Waals surface area (Å²) in [6, 6.07) is 0.456. The molecule has 0 aliphatic rings. The second kappa shape index (κ2) is 6.67. The molecule has 1 aromatic rings. The molecule has 0 bridgehead atoms. The first-order valence-electron chi connectivity index (χ1n) is 6.17. The summed E-state index contributed by atoms with van der Waals surface area (Å²) < 4.78 is 5.36. The van der Waals surface area contributed by atoms with E-state index in [2.05, 4.69) is 36.1 Å². The van der Waals surface area contributed by atoms with Gasteiger partial charge in [0.1, 0.15) is 6.10 Å². The molecule has 4 nitrogen and oxygen atoms in total. The van der Waals surface area contributed by atoms with Crippen LogP contribution in [0.2, 0.25) is 0 Å². The molecule has 96 valence electrons. The Bertz CT molecular complexity index is 349. The van der Waals surface area contributed by atoms with Crippen LogP contribution in [0.15, 0.2) is 6.20 Å². The number of hydrogen-bond donors (Lipinski definition) is 1. The minimum atomic E-state index is -0.00611. The number of aromatic nitrogens is 2. The van der Waals surface area contributed by atoms with Crippen molar-refractivity contribution in [3.63, 3.8) is 0 Å². The van der Waals surface area contributed by atoms with Crippen molar-refractivity contribution in [1.82, 2.24) is 15.3 Å². The molecule has 4 heteroatoms. The lowest BCUT2D eigenvalue weighted by molar-refractivity contribution is 0.0923. The van der Waals surface area contributed by atoms with Crippen LogP contribution in [-0.4, -0.2) is 23.1 Å². The van der Waals surface area contributed by atoms with Crippen LogP contribution in [0.3, 0.4) is 0 Å². The summed E-state index contributed by atoms with van der Waals surface area (Å²) in [6.07, 6.45) is 2.76. The van der Waals surface area contributed by atoms with E-state index in [4.69, 9.17) is 4.74 Å². The number of hydrogen-bond acceptors (Lipinski definition) is 4. The molecule has 0 fully saturated rings. The standard InChI is InChI=1S/C13H23N3O/c1-6-12(17-5)13-15-7-10(4)11(16-13)8-14-9(2)3/h7,9,12,14H,6,8H2,1-5H3. The van der Waals surface area contributed by atoms with Crippen molar-refractivity contribution in [2.45, 2.75) is 52.8 Å². The maximum Gasteiger partial charge on any atom is 0.157 e. The van der Waals surface area contributed by atoms with Crippen LogP contribution in [0.25, 0.3) is 0 Å². The average molecular weight is 237 g/mol. The van der Waals surface area contributed by atoms with Crippen molar-refractivity contribution in [3.05, 3.63) is 23.3 Å². The zero-order chi connectivity index (χ0) is 12.8. The van der Waals surface area contributed by atoms with Gasteiger partial charge >= 0.3 is 0 Å². The molecule has 1 unspecified atom stereocenters. The minimum Gasteiger partial charge on any atom is -0.373 e. The Morgan fingerprint density at radius 1 is 1.41 bits per heavy atom. The van der Waals surface area contributed by atoms with Crippen LogP contribution < -0.4 is 5.32 Å². The molecule has 1 heterocycles. The van der Waals surface area contributed by atoms with Crippen LogP contribution in [0.4, 0.5) is 0 Å². The third-order valence-electron chi connectivity index (χ3n) is 2.72. The molecule has 0 aliphatic carbocycles. The van der Waals surface area contributed by atoms with E-state index in [9.17, 15) is 0 Å². The third kappa shape index (κ3) is 4.06. The van der Waals surface area contributed by atoms with Gasteiger partial charge in [-0.25, -0.2) is 9.97 Å². The van der Waals surface area contributed by atoms with E-state index in [1.807, 2.05) is 13.1 Å². The van der Waals surface area contributed by atoms with Gasteiger partial charge in [-0.1, -0.05) is 20.8 Å². The molecule has 1 rings (SSSR count). The summed E-state index contributed by atoms with van der Waals surface area (Å²) in [7, 11) is 1.70. The zero-order valence-electron chi connectivity index (χ0n) is 11.4. The van der Waals surface area contributed by atoms with Gasteiger partial charge in [0, 0.05) is 25.9 Å². The summed E-state index contributed by atoms with van der Waals surface area (Å²) in [5.74, 6) is 0.779. The van der Waals surface area contributed by atoms with Crippen molar-refractivity contribution in [3.8, 4) is 0 Å². The van der Waals surface area contributed by atoms with Gasteiger partial charge < -0.3 is 10.1 Å². The van der Waals surface area contributed by atoms with Gasteiger partial charge in [-0.05, 0) is 18.9 Å². The van der Waals surface area contributed by atoms with Crippen molar-refractivity contribution >= 4 is 0 Å². The number of rotatable bonds is 6. The number of nitrogens with one attached hydrogen (secondary N) is 1. The molecule has 0 aliphatic heterocycles. The zero-order valence-corrected chi connectivity index (χ0v) is 11.4. The van der Waals surface area contributed by atoms with E-state index in [0.29, 0.717) is 6.04 Å². The first-order valence-corrected chi connectivity index (χ1v) is 6.17. The van der Waals surface area contributed by atoms with E-state index >= 15 is 0 Å². The van der Waals surface area contributed by atoms with E-state index < -0.39 is 0 Å². The van der Waals surface area contributed by atoms with E-state index in [1.54, 1.807) is 7.11 Å². The highest BCUT2D eigenvalue weighted by atomic mass is 16.5. The summed E-state index contributed by atoms with van der Waals surface area (Å²) in [4.78, 5) is 8.93. The maximum absolute atomic E-state index is 5.36. The van der Waals surface area contributed by atoms with E-state index in [1.165, 1.54) is 0 Å². The number of ether oxygens (including phenoxy) is 1. The second-order valence-electron chi connectivity index (χ2n) is 4.53. The fourth-order valence-electron chi connectivity index (χ4n) is 1.58. The van der Waals surface area contributed by atoms with Gasteiger partial charge in [-0.2, -0.15) is 0 Å². The van der Waals surface area contributed by atoms with Crippen molar-refractivity contribution in [1.29, 1.82) is 0 Å². The van der Waals surface area contributed by atoms with Gasteiger partial charge in [0.15, 0.2) is 5.82 Å². The lowest BCUT2D eigenvalue weighted by Crippen LogP contribution is -2.23. The first kappa shape index (κ1) is 14.1. The SMILES string of the molecule is CCC(OC)c1ncc(C)c(CNC(C)C)n1. The van der Waals surface area contributed by atoms with Gasteiger partial charge in [0.25, 0.3) is 0 Å². The highest BCUT2D eigenvalue weighted by molar-refractivity contribution is 5.16. The fourth-order valence-corrected chi connectivity index (χ4v) is 1.58. The number of nitrogens with zero attached hydrogens (tertiary/aromatic N) is 2. The van der Waals surface area contributed by atoms with Crippen molar-refractivity contribution in [2.24, 2.45) is 0 Å². The predicted octanol–water partition coefficient (Wildman–Crippen LogP) is 2.38. The van der Waals surface area contributed by atoms with Gasteiger partial charge in [0.2, 0.25) is 0 Å². The Labute approximate surface area is 104 Å². The predicted molar refractivity (Wildman–Crippen MR) is 68.8 cm³/mol. The Kier molecular flexibility index (Phi) is 5.51. The molecular formula is C13H23N3O. The van der Waals surface area contributed by atoms with Crippen LogP contribution in [0.1, 0.15) is 50.4 Å². The van der Waals surface area contributed by atoms with E-state index in [-0.39, 0.29) is 6.10 Å². The average Bonchev–Trinajstić information content (AvgIpc) is 2.30. The van der Waals surface area contributed by atoms with Crippen LogP contribution in [0, 0.1) is 6.92 Å². The van der Waals surface area contributed by atoms with Crippen molar-refractivity contribution in [2.75, 3.05) is 7.11 Å². The highest BCUT2D eigenvalue weighted by Crippen LogP contribution is 2.17. The summed E-state index contributed by atoms with van der Waals surface area (Å²) in [6.45, 7) is 9.14. The Balaban J connectivity index is 2.85. The highest BCUT2D eigenvalue weighted by Gasteiger charge is 2.13. The molecule has 17 heavy (non-hydrogen) atoms. The van der Waals surface area contributed by atoms with Crippen LogP contribution >= 0.6 is 0 Å². The molecule has 0 spiro atoms.